The van der Waals surface area contributed by atoms with Gasteiger partial charge in [0.1, 0.15) is 5.92 Å². The van der Waals surface area contributed by atoms with Crippen LogP contribution in [0, 0.1) is 5.92 Å². The molecule has 1 aromatic heterocycles. The monoisotopic (exact) mass is 236 g/mol. The van der Waals surface area contributed by atoms with Gasteiger partial charge < -0.3 is 10.1 Å². The number of methoxy groups -OCH3 is 1. The van der Waals surface area contributed by atoms with E-state index in [9.17, 15) is 9.59 Å². The molecule has 1 aromatic rings. The molecule has 1 unspecified atom stereocenters. The molecule has 1 heterocycles. The Labute approximate surface area is 100 Å². The Kier molecular flexibility index (Phi) is 5.13. The van der Waals surface area contributed by atoms with Crippen molar-refractivity contribution < 1.29 is 14.3 Å². The molecule has 0 radical (unpaired) electrons. The van der Waals surface area contributed by atoms with Crippen LogP contribution < -0.4 is 5.32 Å². The molecule has 1 amide bonds. The summed E-state index contributed by atoms with van der Waals surface area (Å²) in [5, 5.41) is 2.66. The van der Waals surface area contributed by atoms with Crippen molar-refractivity contribution in [3.63, 3.8) is 0 Å². The first-order chi connectivity index (χ1) is 8.19. The van der Waals surface area contributed by atoms with Crippen LogP contribution in [-0.4, -0.2) is 24.0 Å². The van der Waals surface area contributed by atoms with Gasteiger partial charge in [0.25, 0.3) is 0 Å². The van der Waals surface area contributed by atoms with Crippen LogP contribution in [0.4, 0.5) is 0 Å². The SMILES string of the molecule is CCC(C(=O)NCc1ccccn1)C(=O)OC. The maximum absolute atomic E-state index is 11.7. The van der Waals surface area contributed by atoms with Gasteiger partial charge in [0.05, 0.1) is 19.3 Å². The van der Waals surface area contributed by atoms with E-state index in [4.69, 9.17) is 0 Å². The van der Waals surface area contributed by atoms with Crippen LogP contribution in [0.1, 0.15) is 19.0 Å². The Hall–Kier alpha value is -1.91. The molecule has 0 bridgehead atoms. The first kappa shape index (κ1) is 13.2. The number of aromatic nitrogens is 1. The Balaban J connectivity index is 2.51. The zero-order chi connectivity index (χ0) is 12.7. The maximum Gasteiger partial charge on any atom is 0.318 e. The summed E-state index contributed by atoms with van der Waals surface area (Å²) in [6.45, 7) is 2.08. The number of nitrogens with zero attached hydrogens (tertiary/aromatic N) is 1. The summed E-state index contributed by atoms with van der Waals surface area (Å²) in [4.78, 5) is 27.1. The molecule has 92 valence electrons. The Morgan fingerprint density at radius 2 is 2.24 bits per heavy atom. The van der Waals surface area contributed by atoms with Crippen molar-refractivity contribution in [2.75, 3.05) is 7.11 Å². The molecule has 0 saturated carbocycles. The standard InChI is InChI=1S/C12H16N2O3/c1-3-10(12(16)17-2)11(15)14-8-9-6-4-5-7-13-9/h4-7,10H,3,8H2,1-2H3,(H,14,15). The number of carbonyl (C=O) groups is 2. The molecule has 5 nitrogen and oxygen atoms in total. The van der Waals surface area contributed by atoms with Crippen LogP contribution in [0.3, 0.4) is 0 Å². The smallest absolute Gasteiger partial charge is 0.318 e. The average Bonchev–Trinajstić information content (AvgIpc) is 2.38. The second-order valence-electron chi connectivity index (χ2n) is 3.52. The molecule has 17 heavy (non-hydrogen) atoms. The minimum absolute atomic E-state index is 0.313. The van der Waals surface area contributed by atoms with E-state index in [1.165, 1.54) is 7.11 Å². The minimum Gasteiger partial charge on any atom is -0.468 e. The molecule has 0 aromatic carbocycles. The summed E-state index contributed by atoms with van der Waals surface area (Å²) in [6.07, 6.45) is 2.07. The molecule has 0 aliphatic rings. The highest BCUT2D eigenvalue weighted by Gasteiger charge is 2.25. The van der Waals surface area contributed by atoms with Gasteiger partial charge in [-0.3, -0.25) is 14.6 Å². The summed E-state index contributed by atoms with van der Waals surface area (Å²) in [5.74, 6) is -1.58. The van der Waals surface area contributed by atoms with Crippen LogP contribution in [-0.2, 0) is 20.9 Å². The summed E-state index contributed by atoms with van der Waals surface area (Å²) in [7, 11) is 1.27. The number of nitrogens with one attached hydrogen (secondary N) is 1. The van der Waals surface area contributed by atoms with Crippen LogP contribution in [0.2, 0.25) is 0 Å². The number of pyridine rings is 1. The second kappa shape index (κ2) is 6.62. The zero-order valence-electron chi connectivity index (χ0n) is 9.97. The van der Waals surface area contributed by atoms with Gasteiger partial charge in [-0.15, -0.1) is 0 Å². The van der Waals surface area contributed by atoms with Gasteiger partial charge in [-0.1, -0.05) is 13.0 Å². The number of rotatable bonds is 5. The minimum atomic E-state index is -0.747. The van der Waals surface area contributed by atoms with Crippen molar-refractivity contribution in [3.05, 3.63) is 30.1 Å². The third-order valence-corrected chi connectivity index (χ3v) is 2.38. The lowest BCUT2D eigenvalue weighted by Crippen LogP contribution is -2.35. The highest BCUT2D eigenvalue weighted by atomic mass is 16.5. The molecule has 0 spiro atoms. The van der Waals surface area contributed by atoms with Crippen LogP contribution in [0.15, 0.2) is 24.4 Å². The Bertz CT molecular complexity index is 379. The number of amides is 1. The van der Waals surface area contributed by atoms with Crippen molar-refractivity contribution in [1.82, 2.24) is 10.3 Å². The van der Waals surface area contributed by atoms with E-state index >= 15 is 0 Å². The van der Waals surface area contributed by atoms with Crippen molar-refractivity contribution in [2.45, 2.75) is 19.9 Å². The molecule has 0 fully saturated rings. The summed E-state index contributed by atoms with van der Waals surface area (Å²) < 4.78 is 4.56. The van der Waals surface area contributed by atoms with E-state index in [0.29, 0.717) is 13.0 Å². The van der Waals surface area contributed by atoms with Crippen molar-refractivity contribution in [2.24, 2.45) is 5.92 Å². The van der Waals surface area contributed by atoms with E-state index in [2.05, 4.69) is 15.0 Å². The predicted molar refractivity (Wildman–Crippen MR) is 61.9 cm³/mol. The van der Waals surface area contributed by atoms with Crippen molar-refractivity contribution >= 4 is 11.9 Å². The van der Waals surface area contributed by atoms with Gasteiger partial charge in [0.15, 0.2) is 0 Å². The van der Waals surface area contributed by atoms with Crippen molar-refractivity contribution in [3.8, 4) is 0 Å². The number of ether oxygens (including phenoxy) is 1. The topological polar surface area (TPSA) is 68.3 Å². The maximum atomic E-state index is 11.7. The van der Waals surface area contributed by atoms with Crippen LogP contribution >= 0.6 is 0 Å². The molecule has 0 saturated heterocycles. The largest absolute Gasteiger partial charge is 0.468 e. The lowest BCUT2D eigenvalue weighted by atomic mass is 10.1. The lowest BCUT2D eigenvalue weighted by Gasteiger charge is -2.12. The highest BCUT2D eigenvalue weighted by molar-refractivity contribution is 5.97. The molecule has 5 heteroatoms. The predicted octanol–water partition coefficient (Wildman–Crippen LogP) is 0.897. The molecule has 0 aliphatic carbocycles. The third kappa shape index (κ3) is 3.86. The fraction of sp³-hybridized carbons (Fsp3) is 0.417. The van der Waals surface area contributed by atoms with E-state index < -0.39 is 11.9 Å². The van der Waals surface area contributed by atoms with E-state index in [0.717, 1.165) is 5.69 Å². The summed E-state index contributed by atoms with van der Waals surface area (Å²) in [6, 6.07) is 5.44. The first-order valence-corrected chi connectivity index (χ1v) is 5.44. The molecule has 1 rings (SSSR count). The third-order valence-electron chi connectivity index (χ3n) is 2.38. The lowest BCUT2D eigenvalue weighted by molar-refractivity contribution is -0.150. The van der Waals surface area contributed by atoms with Gasteiger partial charge in [-0.05, 0) is 18.6 Å². The zero-order valence-corrected chi connectivity index (χ0v) is 9.97. The molecular weight excluding hydrogens is 220 g/mol. The van der Waals surface area contributed by atoms with E-state index in [-0.39, 0.29) is 5.91 Å². The molecular formula is C12H16N2O3. The highest BCUT2D eigenvalue weighted by Crippen LogP contribution is 2.05. The van der Waals surface area contributed by atoms with Gasteiger partial charge in [-0.2, -0.15) is 0 Å². The van der Waals surface area contributed by atoms with Gasteiger partial charge in [0, 0.05) is 6.20 Å². The van der Waals surface area contributed by atoms with E-state index in [1.807, 2.05) is 6.07 Å². The fourth-order valence-corrected chi connectivity index (χ4v) is 1.40. The van der Waals surface area contributed by atoms with E-state index in [1.54, 1.807) is 25.3 Å². The fourth-order valence-electron chi connectivity index (χ4n) is 1.40. The number of hydrogen-bond donors (Lipinski definition) is 1. The number of hydrogen-bond acceptors (Lipinski definition) is 4. The Morgan fingerprint density at radius 1 is 1.47 bits per heavy atom. The van der Waals surface area contributed by atoms with Crippen molar-refractivity contribution in [1.29, 1.82) is 0 Å². The average molecular weight is 236 g/mol. The first-order valence-electron chi connectivity index (χ1n) is 5.44. The quantitative estimate of drug-likeness (QED) is 0.609. The molecule has 1 atom stereocenters. The summed E-state index contributed by atoms with van der Waals surface area (Å²) >= 11 is 0. The van der Waals surface area contributed by atoms with Gasteiger partial charge in [-0.25, -0.2) is 0 Å². The van der Waals surface area contributed by atoms with Gasteiger partial charge >= 0.3 is 5.97 Å². The molecule has 1 N–H and O–H groups in total. The number of carbonyl (C=O) groups excluding carboxylic acids is 2. The summed E-state index contributed by atoms with van der Waals surface area (Å²) in [5.41, 5.74) is 0.751. The Morgan fingerprint density at radius 3 is 2.76 bits per heavy atom. The second-order valence-corrected chi connectivity index (χ2v) is 3.52. The number of esters is 1. The normalized spacial score (nSPS) is 11.6. The van der Waals surface area contributed by atoms with Crippen LogP contribution in [0.5, 0.6) is 0 Å². The molecule has 0 aliphatic heterocycles. The van der Waals surface area contributed by atoms with Crippen LogP contribution in [0.25, 0.3) is 0 Å². The van der Waals surface area contributed by atoms with Gasteiger partial charge in [0.2, 0.25) is 5.91 Å².